The summed E-state index contributed by atoms with van der Waals surface area (Å²) < 4.78 is 7.69. The molecule has 4 rings (SSSR count). The molecule has 32 heavy (non-hydrogen) atoms. The first-order chi connectivity index (χ1) is 15.2. The number of pyridine rings is 1. The smallest absolute Gasteiger partial charge is 0.265 e. The number of hydrogen-bond acceptors (Lipinski definition) is 5. The van der Waals surface area contributed by atoms with Crippen molar-refractivity contribution >= 4 is 28.5 Å². The highest BCUT2D eigenvalue weighted by atomic mass is 16.5. The number of fused-ring (bicyclic) bond motifs is 2. The van der Waals surface area contributed by atoms with E-state index in [0.29, 0.717) is 24.3 Å². The lowest BCUT2D eigenvalue weighted by atomic mass is 9.99. The standard InChI is InChI=1S/C24H29N5O3/c1-14-17(15(2)25-23-22(14)16(3)26-28(23)6)11-12-21(30)29-13-20(24(31)27(4)5)32-19-10-8-7-9-18(19)29/h7-10,20H,11-13H2,1-6H3. The first kappa shape index (κ1) is 21.8. The van der Waals surface area contributed by atoms with E-state index in [1.807, 2.05) is 39.1 Å². The Morgan fingerprint density at radius 2 is 1.88 bits per heavy atom. The second kappa shape index (κ2) is 8.26. The third-order valence-corrected chi connectivity index (χ3v) is 6.11. The van der Waals surface area contributed by atoms with Crippen LogP contribution in [0.3, 0.4) is 0 Å². The van der Waals surface area contributed by atoms with Gasteiger partial charge in [-0.25, -0.2) is 4.98 Å². The maximum atomic E-state index is 13.3. The molecule has 3 aromatic rings. The maximum absolute atomic E-state index is 13.3. The number of ether oxygens (including phenoxy) is 1. The number of anilines is 1. The monoisotopic (exact) mass is 435 g/mol. The van der Waals surface area contributed by atoms with Crippen molar-refractivity contribution in [1.82, 2.24) is 19.7 Å². The molecule has 0 spiro atoms. The number of benzene rings is 1. The molecule has 1 aromatic carbocycles. The van der Waals surface area contributed by atoms with E-state index in [9.17, 15) is 9.59 Å². The Balaban J connectivity index is 1.60. The first-order valence-corrected chi connectivity index (χ1v) is 10.8. The van der Waals surface area contributed by atoms with Gasteiger partial charge >= 0.3 is 0 Å². The van der Waals surface area contributed by atoms with Crippen LogP contribution in [0.4, 0.5) is 5.69 Å². The number of para-hydroxylation sites is 2. The van der Waals surface area contributed by atoms with E-state index in [4.69, 9.17) is 9.72 Å². The SMILES string of the molecule is Cc1nc2c(c(C)nn2C)c(C)c1CCC(=O)N1CC(C(=O)N(C)C)Oc2ccccc21. The molecular formula is C24H29N5O3. The van der Waals surface area contributed by atoms with Crippen molar-refractivity contribution in [2.45, 2.75) is 39.7 Å². The molecule has 3 heterocycles. The molecule has 0 aliphatic carbocycles. The molecule has 2 aromatic heterocycles. The van der Waals surface area contributed by atoms with Crippen molar-refractivity contribution in [3.8, 4) is 5.75 Å². The van der Waals surface area contributed by atoms with Crippen LogP contribution in [0.25, 0.3) is 11.0 Å². The molecule has 1 unspecified atom stereocenters. The minimum absolute atomic E-state index is 0.0425. The largest absolute Gasteiger partial charge is 0.476 e. The minimum atomic E-state index is -0.719. The van der Waals surface area contributed by atoms with Crippen LogP contribution in [-0.4, -0.2) is 58.2 Å². The topological polar surface area (TPSA) is 80.6 Å². The lowest BCUT2D eigenvalue weighted by Gasteiger charge is -2.35. The van der Waals surface area contributed by atoms with E-state index in [1.54, 1.807) is 29.7 Å². The molecule has 1 atom stereocenters. The van der Waals surface area contributed by atoms with E-state index in [0.717, 1.165) is 33.5 Å². The van der Waals surface area contributed by atoms with E-state index in [2.05, 4.69) is 12.0 Å². The molecule has 1 aliphatic heterocycles. The summed E-state index contributed by atoms with van der Waals surface area (Å²) in [6.07, 6.45) is 0.161. The zero-order chi connectivity index (χ0) is 23.2. The molecule has 8 heteroatoms. The zero-order valence-electron chi connectivity index (χ0n) is 19.5. The Hall–Kier alpha value is -3.42. The molecule has 168 valence electrons. The average Bonchev–Trinajstić information content (AvgIpc) is 3.04. The van der Waals surface area contributed by atoms with Gasteiger partial charge in [-0.3, -0.25) is 14.3 Å². The van der Waals surface area contributed by atoms with Crippen LogP contribution >= 0.6 is 0 Å². The molecule has 0 N–H and O–H groups in total. The van der Waals surface area contributed by atoms with Gasteiger partial charge in [0.25, 0.3) is 5.91 Å². The number of carbonyl (C=O) groups is 2. The summed E-state index contributed by atoms with van der Waals surface area (Å²) in [5, 5.41) is 5.55. The summed E-state index contributed by atoms with van der Waals surface area (Å²) in [4.78, 5) is 33.8. The number of carbonyl (C=O) groups excluding carboxylic acids is 2. The summed E-state index contributed by atoms with van der Waals surface area (Å²) in [7, 11) is 5.27. The highest BCUT2D eigenvalue weighted by Crippen LogP contribution is 2.34. The van der Waals surface area contributed by atoms with E-state index >= 15 is 0 Å². The fraction of sp³-hybridized carbons (Fsp3) is 0.417. The highest BCUT2D eigenvalue weighted by Gasteiger charge is 2.34. The molecule has 0 radical (unpaired) electrons. The molecule has 8 nitrogen and oxygen atoms in total. The van der Waals surface area contributed by atoms with Crippen LogP contribution in [0.5, 0.6) is 5.75 Å². The van der Waals surface area contributed by atoms with Crippen LogP contribution < -0.4 is 9.64 Å². The zero-order valence-corrected chi connectivity index (χ0v) is 19.5. The van der Waals surface area contributed by atoms with Crippen LogP contribution in [0, 0.1) is 20.8 Å². The summed E-state index contributed by atoms with van der Waals surface area (Å²) in [5.41, 5.74) is 5.60. The van der Waals surface area contributed by atoms with Crippen LogP contribution in [0.2, 0.25) is 0 Å². The number of aromatic nitrogens is 3. The van der Waals surface area contributed by atoms with Crippen molar-refractivity contribution in [3.05, 3.63) is 46.8 Å². The van der Waals surface area contributed by atoms with Gasteiger partial charge in [0.15, 0.2) is 11.8 Å². The van der Waals surface area contributed by atoms with Crippen LogP contribution in [0.1, 0.15) is 28.9 Å². The van der Waals surface area contributed by atoms with Crippen molar-refractivity contribution in [2.24, 2.45) is 7.05 Å². The van der Waals surface area contributed by atoms with E-state index in [-0.39, 0.29) is 18.4 Å². The lowest BCUT2D eigenvalue weighted by molar-refractivity contribution is -0.136. The van der Waals surface area contributed by atoms with Gasteiger partial charge in [-0.15, -0.1) is 0 Å². The summed E-state index contributed by atoms with van der Waals surface area (Å²) in [6.45, 7) is 6.23. The van der Waals surface area contributed by atoms with Gasteiger partial charge in [-0.1, -0.05) is 12.1 Å². The van der Waals surface area contributed by atoms with Crippen molar-refractivity contribution in [2.75, 3.05) is 25.5 Å². The molecule has 0 fully saturated rings. The molecule has 1 aliphatic rings. The highest BCUT2D eigenvalue weighted by molar-refractivity contribution is 5.97. The number of aryl methyl sites for hydroxylation is 4. The van der Waals surface area contributed by atoms with Gasteiger partial charge in [-0.05, 0) is 50.5 Å². The number of hydrogen-bond donors (Lipinski definition) is 0. The van der Waals surface area contributed by atoms with Gasteiger partial charge in [-0.2, -0.15) is 5.10 Å². The van der Waals surface area contributed by atoms with Gasteiger partial charge in [0.05, 0.1) is 17.9 Å². The molecule has 0 saturated carbocycles. The Morgan fingerprint density at radius 1 is 1.16 bits per heavy atom. The maximum Gasteiger partial charge on any atom is 0.265 e. The third-order valence-electron chi connectivity index (χ3n) is 6.11. The molecule has 0 bridgehead atoms. The van der Waals surface area contributed by atoms with Gasteiger partial charge < -0.3 is 14.5 Å². The van der Waals surface area contributed by atoms with Crippen LogP contribution in [0.15, 0.2) is 24.3 Å². The second-order valence-electron chi connectivity index (χ2n) is 8.52. The summed E-state index contributed by atoms with van der Waals surface area (Å²) in [5.74, 6) is 0.346. The number of likely N-dealkylation sites (N-methyl/N-ethyl adjacent to an activating group) is 1. The fourth-order valence-electron chi connectivity index (χ4n) is 4.48. The minimum Gasteiger partial charge on any atom is -0.476 e. The Bertz CT molecular complexity index is 1210. The molecular weight excluding hydrogens is 406 g/mol. The second-order valence-corrected chi connectivity index (χ2v) is 8.52. The number of rotatable bonds is 4. The summed E-state index contributed by atoms with van der Waals surface area (Å²) >= 11 is 0. The summed E-state index contributed by atoms with van der Waals surface area (Å²) in [6, 6.07) is 7.36. The van der Waals surface area contributed by atoms with E-state index in [1.165, 1.54) is 4.90 Å². The van der Waals surface area contributed by atoms with Gasteiger partial charge in [0.1, 0.15) is 5.75 Å². The van der Waals surface area contributed by atoms with Crippen molar-refractivity contribution in [3.63, 3.8) is 0 Å². The Labute approximate surface area is 187 Å². The van der Waals surface area contributed by atoms with Gasteiger partial charge in [0.2, 0.25) is 5.91 Å². The average molecular weight is 436 g/mol. The Morgan fingerprint density at radius 3 is 2.59 bits per heavy atom. The predicted octanol–water partition coefficient (Wildman–Crippen LogP) is 2.71. The molecule has 2 amide bonds. The van der Waals surface area contributed by atoms with E-state index < -0.39 is 6.10 Å². The third kappa shape index (κ3) is 3.70. The quantitative estimate of drug-likeness (QED) is 0.630. The molecule has 0 saturated heterocycles. The van der Waals surface area contributed by atoms with Crippen molar-refractivity contribution < 1.29 is 14.3 Å². The Kier molecular flexibility index (Phi) is 5.62. The van der Waals surface area contributed by atoms with Crippen molar-refractivity contribution in [1.29, 1.82) is 0 Å². The number of amides is 2. The lowest BCUT2D eigenvalue weighted by Crippen LogP contribution is -2.50. The normalized spacial score (nSPS) is 15.4. The fourth-order valence-corrected chi connectivity index (χ4v) is 4.48. The van der Waals surface area contributed by atoms with Gasteiger partial charge in [0, 0.05) is 38.6 Å². The number of nitrogens with zero attached hydrogens (tertiary/aromatic N) is 5. The first-order valence-electron chi connectivity index (χ1n) is 10.8. The predicted molar refractivity (Wildman–Crippen MR) is 123 cm³/mol. The van der Waals surface area contributed by atoms with Crippen LogP contribution in [-0.2, 0) is 23.1 Å².